The molecule has 1 aromatic heterocycles. The Morgan fingerprint density at radius 2 is 1.91 bits per heavy atom. The summed E-state index contributed by atoms with van der Waals surface area (Å²) in [7, 11) is 0. The summed E-state index contributed by atoms with van der Waals surface area (Å²) >= 11 is 0. The molecule has 0 radical (unpaired) electrons. The Bertz CT molecular complexity index is 1180. The van der Waals surface area contributed by atoms with E-state index in [1.807, 2.05) is 0 Å². The zero-order valence-electron chi connectivity index (χ0n) is 16.0. The Morgan fingerprint density at radius 1 is 1.19 bits per heavy atom. The molecule has 0 aliphatic carbocycles. The predicted octanol–water partition coefficient (Wildman–Crippen LogP) is 3.82. The number of aromatic nitrogens is 2. The molecule has 0 fully saturated rings. The van der Waals surface area contributed by atoms with E-state index in [0.29, 0.717) is 21.7 Å². The molecule has 0 spiro atoms. The lowest BCUT2D eigenvalue weighted by Gasteiger charge is -2.13. The van der Waals surface area contributed by atoms with Crippen molar-refractivity contribution in [2.75, 3.05) is 6.79 Å². The molecule has 4 rings (SSSR count). The van der Waals surface area contributed by atoms with Crippen LogP contribution >= 0.6 is 0 Å². The van der Waals surface area contributed by atoms with Gasteiger partial charge in [-0.25, -0.2) is 9.48 Å². The van der Waals surface area contributed by atoms with Crippen LogP contribution in [0.1, 0.15) is 11.3 Å². The van der Waals surface area contributed by atoms with Crippen LogP contribution in [0.4, 0.5) is 23.7 Å². The third-order valence-corrected chi connectivity index (χ3v) is 4.39. The fourth-order valence-electron chi connectivity index (χ4n) is 2.94. The summed E-state index contributed by atoms with van der Waals surface area (Å²) in [5, 5.41) is 16.7. The molecule has 13 heteroatoms. The minimum atomic E-state index is -4.93. The fraction of sp³-hybridized carbons (Fsp3) is 0.158. The maximum atomic E-state index is 13.7. The van der Waals surface area contributed by atoms with E-state index in [1.54, 1.807) is 18.2 Å². The summed E-state index contributed by atoms with van der Waals surface area (Å²) in [5.74, 6) is 0.213. The molecule has 0 unspecified atom stereocenters. The Hall–Kier alpha value is -4.29. The SMILES string of the molecule is O=C(NCc1ccc2c(c1)OCO2)Oc1cnn(-c2ccc([N+](=O)[O-])cc2)c1C(F)(F)F. The first-order valence-electron chi connectivity index (χ1n) is 8.96. The second kappa shape index (κ2) is 8.09. The number of nitrogens with one attached hydrogen (secondary N) is 1. The minimum Gasteiger partial charge on any atom is -0.454 e. The largest absolute Gasteiger partial charge is 0.454 e. The number of ether oxygens (including phenoxy) is 3. The number of benzene rings is 2. The van der Waals surface area contributed by atoms with E-state index in [1.165, 1.54) is 0 Å². The van der Waals surface area contributed by atoms with Crippen molar-refractivity contribution in [3.05, 3.63) is 70.0 Å². The van der Waals surface area contributed by atoms with Gasteiger partial charge in [0.05, 0.1) is 16.8 Å². The number of nitrogens with zero attached hydrogens (tertiary/aromatic N) is 3. The molecular weight excluding hydrogens is 437 g/mol. The molecule has 32 heavy (non-hydrogen) atoms. The highest BCUT2D eigenvalue weighted by Gasteiger charge is 2.40. The minimum absolute atomic E-state index is 0.0344. The van der Waals surface area contributed by atoms with Crippen molar-refractivity contribution in [2.24, 2.45) is 0 Å². The van der Waals surface area contributed by atoms with E-state index < -0.39 is 28.6 Å². The number of hydrogen-bond acceptors (Lipinski definition) is 7. The normalized spacial score (nSPS) is 12.5. The number of non-ortho nitro benzene ring substituents is 1. The molecule has 2 aromatic carbocycles. The van der Waals surface area contributed by atoms with Gasteiger partial charge in [-0.1, -0.05) is 6.07 Å². The number of fused-ring (bicyclic) bond motifs is 1. The summed E-state index contributed by atoms with van der Waals surface area (Å²) in [6, 6.07) is 9.19. The van der Waals surface area contributed by atoms with Crippen molar-refractivity contribution in [3.63, 3.8) is 0 Å². The molecule has 2 heterocycles. The monoisotopic (exact) mass is 450 g/mol. The van der Waals surface area contributed by atoms with E-state index in [4.69, 9.17) is 14.2 Å². The maximum absolute atomic E-state index is 13.7. The van der Waals surface area contributed by atoms with Crippen LogP contribution in [0.3, 0.4) is 0 Å². The lowest BCUT2D eigenvalue weighted by atomic mass is 10.2. The van der Waals surface area contributed by atoms with Crippen molar-refractivity contribution in [1.82, 2.24) is 15.1 Å². The first kappa shape index (κ1) is 21.0. The van der Waals surface area contributed by atoms with Crippen LogP contribution in [0.15, 0.2) is 48.7 Å². The van der Waals surface area contributed by atoms with E-state index in [-0.39, 0.29) is 24.7 Å². The van der Waals surface area contributed by atoms with E-state index >= 15 is 0 Å². The van der Waals surface area contributed by atoms with Gasteiger partial charge in [-0.2, -0.15) is 18.3 Å². The molecule has 1 aliphatic rings. The predicted molar refractivity (Wildman–Crippen MR) is 101 cm³/mol. The number of alkyl halides is 3. The van der Waals surface area contributed by atoms with Gasteiger partial charge >= 0.3 is 12.3 Å². The van der Waals surface area contributed by atoms with Crippen LogP contribution in [0.25, 0.3) is 5.69 Å². The van der Waals surface area contributed by atoms with Crippen molar-refractivity contribution in [2.45, 2.75) is 12.7 Å². The van der Waals surface area contributed by atoms with Gasteiger partial charge < -0.3 is 19.5 Å². The Kier molecular flexibility index (Phi) is 5.30. The number of hydrogen-bond donors (Lipinski definition) is 1. The first-order valence-corrected chi connectivity index (χ1v) is 8.96. The zero-order chi connectivity index (χ0) is 22.9. The molecule has 166 valence electrons. The molecule has 0 saturated heterocycles. The van der Waals surface area contributed by atoms with Crippen LogP contribution in [0.5, 0.6) is 17.2 Å². The lowest BCUT2D eigenvalue weighted by molar-refractivity contribution is -0.384. The van der Waals surface area contributed by atoms with Crippen molar-refractivity contribution in [3.8, 4) is 22.9 Å². The second-order valence-corrected chi connectivity index (χ2v) is 6.47. The third-order valence-electron chi connectivity index (χ3n) is 4.39. The summed E-state index contributed by atoms with van der Waals surface area (Å²) in [5.41, 5.74) is -1.12. The average Bonchev–Trinajstić information content (AvgIpc) is 3.38. The fourth-order valence-corrected chi connectivity index (χ4v) is 2.94. The van der Waals surface area contributed by atoms with Gasteiger partial charge in [-0.15, -0.1) is 0 Å². The Morgan fingerprint density at radius 3 is 2.59 bits per heavy atom. The summed E-state index contributed by atoms with van der Waals surface area (Å²) in [6.45, 7) is 0.0422. The van der Waals surface area contributed by atoms with Gasteiger partial charge in [0.1, 0.15) is 0 Å². The summed E-state index contributed by atoms with van der Waals surface area (Å²) in [6.07, 6.45) is -5.31. The molecule has 0 atom stereocenters. The number of carbonyl (C=O) groups excluding carboxylic acids is 1. The number of nitro groups is 1. The van der Waals surface area contributed by atoms with Crippen molar-refractivity contribution in [1.29, 1.82) is 0 Å². The van der Waals surface area contributed by atoms with Crippen LogP contribution in [0.2, 0.25) is 0 Å². The lowest BCUT2D eigenvalue weighted by Crippen LogP contribution is -2.27. The molecule has 1 amide bonds. The van der Waals surface area contributed by atoms with Gasteiger partial charge in [-0.05, 0) is 29.8 Å². The van der Waals surface area contributed by atoms with E-state index in [2.05, 4.69) is 10.4 Å². The summed E-state index contributed by atoms with van der Waals surface area (Å²) in [4.78, 5) is 22.2. The zero-order valence-corrected chi connectivity index (χ0v) is 16.0. The quantitative estimate of drug-likeness (QED) is 0.464. The van der Waals surface area contributed by atoms with Crippen molar-refractivity contribution >= 4 is 11.8 Å². The Balaban J connectivity index is 1.50. The number of carbonyl (C=O) groups is 1. The van der Waals surface area contributed by atoms with Crippen LogP contribution < -0.4 is 19.5 Å². The van der Waals surface area contributed by atoms with Gasteiger partial charge in [-0.3, -0.25) is 10.1 Å². The Labute approximate surface area is 177 Å². The number of rotatable bonds is 5. The third kappa shape index (κ3) is 4.26. The summed E-state index contributed by atoms with van der Waals surface area (Å²) < 4.78 is 56.7. The molecular formula is C19H13F3N4O6. The highest BCUT2D eigenvalue weighted by Crippen LogP contribution is 2.38. The second-order valence-electron chi connectivity index (χ2n) is 6.47. The maximum Gasteiger partial charge on any atom is 0.437 e. The number of halogens is 3. The van der Waals surface area contributed by atoms with Crippen LogP contribution in [0, 0.1) is 10.1 Å². The smallest absolute Gasteiger partial charge is 0.437 e. The van der Waals surface area contributed by atoms with Gasteiger partial charge in [0.2, 0.25) is 6.79 Å². The molecule has 0 saturated carbocycles. The number of nitro benzene ring substituents is 1. The van der Waals surface area contributed by atoms with Crippen LogP contribution in [-0.2, 0) is 12.7 Å². The highest BCUT2D eigenvalue weighted by molar-refractivity contribution is 5.70. The molecule has 3 aromatic rings. The van der Waals surface area contributed by atoms with Crippen LogP contribution in [-0.4, -0.2) is 27.6 Å². The van der Waals surface area contributed by atoms with Gasteiger partial charge in [0.25, 0.3) is 5.69 Å². The van der Waals surface area contributed by atoms with Gasteiger partial charge in [0, 0.05) is 18.7 Å². The number of amides is 1. The van der Waals surface area contributed by atoms with E-state index in [9.17, 15) is 28.1 Å². The first-order chi connectivity index (χ1) is 15.2. The highest BCUT2D eigenvalue weighted by atomic mass is 19.4. The standard InChI is InChI=1S/C19H13F3N4O6/c20-19(21,22)17-16(9-24-25(17)12-2-4-13(5-3-12)26(28)29)32-18(27)23-8-11-1-6-14-15(7-11)31-10-30-14/h1-7,9H,8,10H2,(H,23,27). The molecule has 10 nitrogen and oxygen atoms in total. The molecule has 0 bridgehead atoms. The van der Waals surface area contributed by atoms with Crippen molar-refractivity contribution < 1.29 is 37.1 Å². The molecule has 1 aliphatic heterocycles. The van der Waals surface area contributed by atoms with Gasteiger partial charge in [0.15, 0.2) is 22.9 Å². The average molecular weight is 450 g/mol. The topological polar surface area (TPSA) is 118 Å². The molecule has 1 N–H and O–H groups in total. The van der Waals surface area contributed by atoms with E-state index in [0.717, 1.165) is 30.5 Å².